The number of ether oxygens (including phenoxy) is 1. The maximum Gasteiger partial charge on any atom is 0.251 e. The average Bonchev–Trinajstić information content (AvgIpc) is 2.76. The molecule has 0 radical (unpaired) electrons. The maximum absolute atomic E-state index is 12.6. The van der Waals surface area contributed by atoms with Crippen LogP contribution in [0, 0.1) is 0 Å². The number of nitrogens with one attached hydrogen (secondary N) is 1. The average molecular weight is 371 g/mol. The summed E-state index contributed by atoms with van der Waals surface area (Å²) in [6.07, 6.45) is 1.66. The van der Waals surface area contributed by atoms with E-state index in [0.717, 1.165) is 12.8 Å². The van der Waals surface area contributed by atoms with Gasteiger partial charge in [0.2, 0.25) is 0 Å². The van der Waals surface area contributed by atoms with Crippen molar-refractivity contribution in [2.45, 2.75) is 30.9 Å². The number of carbonyl (C=O) groups is 1. The summed E-state index contributed by atoms with van der Waals surface area (Å²) in [6.45, 7) is 0.653. The van der Waals surface area contributed by atoms with Gasteiger partial charge >= 0.3 is 0 Å². The second-order valence-electron chi connectivity index (χ2n) is 7.27. The molecule has 3 aromatic carbocycles. The Labute approximate surface area is 166 Å². The number of hydrogen-bond acceptors (Lipinski definition) is 2. The van der Waals surface area contributed by atoms with Crippen molar-refractivity contribution in [3.8, 4) is 0 Å². The van der Waals surface area contributed by atoms with Crippen LogP contribution in [0.3, 0.4) is 0 Å². The fourth-order valence-electron chi connectivity index (χ4n) is 3.99. The van der Waals surface area contributed by atoms with Crippen LogP contribution in [0.25, 0.3) is 0 Å². The Bertz CT molecular complexity index is 841. The highest BCUT2D eigenvalue weighted by molar-refractivity contribution is 5.94. The van der Waals surface area contributed by atoms with Crippen molar-refractivity contribution in [2.24, 2.45) is 0 Å². The molecule has 1 aliphatic heterocycles. The first kappa shape index (κ1) is 18.5. The number of carbonyl (C=O) groups excluding carboxylic acids is 1. The molecule has 1 heterocycles. The smallest absolute Gasteiger partial charge is 0.251 e. The number of hydrogen-bond donors (Lipinski definition) is 1. The zero-order valence-corrected chi connectivity index (χ0v) is 15.8. The molecule has 2 atom stereocenters. The Balaban J connectivity index is 1.53. The molecular weight excluding hydrogens is 346 g/mol. The van der Waals surface area contributed by atoms with E-state index in [1.54, 1.807) is 0 Å². The Hall–Kier alpha value is -2.91. The predicted octanol–water partition coefficient (Wildman–Crippen LogP) is 4.80. The van der Waals surface area contributed by atoms with Crippen molar-refractivity contribution in [2.75, 3.05) is 6.61 Å². The predicted molar refractivity (Wildman–Crippen MR) is 111 cm³/mol. The third kappa shape index (κ3) is 4.32. The maximum atomic E-state index is 12.6. The van der Waals surface area contributed by atoms with E-state index in [4.69, 9.17) is 4.74 Å². The fourth-order valence-corrected chi connectivity index (χ4v) is 3.99. The van der Waals surface area contributed by atoms with Gasteiger partial charge in [-0.25, -0.2) is 0 Å². The van der Waals surface area contributed by atoms with E-state index in [1.165, 1.54) is 11.1 Å². The first-order valence-electron chi connectivity index (χ1n) is 9.88. The number of benzene rings is 3. The van der Waals surface area contributed by atoms with Crippen LogP contribution >= 0.6 is 0 Å². The van der Waals surface area contributed by atoms with Crippen molar-refractivity contribution in [3.63, 3.8) is 0 Å². The van der Waals surface area contributed by atoms with Crippen LogP contribution in [-0.4, -0.2) is 24.7 Å². The van der Waals surface area contributed by atoms with Gasteiger partial charge in [-0.15, -0.1) is 0 Å². The van der Waals surface area contributed by atoms with Gasteiger partial charge in [0.15, 0.2) is 0 Å². The zero-order valence-electron chi connectivity index (χ0n) is 15.8. The lowest BCUT2D eigenvalue weighted by molar-refractivity contribution is -0.00662. The van der Waals surface area contributed by atoms with Gasteiger partial charge in [0.05, 0.1) is 6.10 Å². The molecule has 1 fully saturated rings. The molecule has 4 rings (SSSR count). The highest BCUT2D eigenvalue weighted by Gasteiger charge is 2.32. The van der Waals surface area contributed by atoms with E-state index in [-0.39, 0.29) is 24.0 Å². The molecule has 2 unspecified atom stereocenters. The Kier molecular flexibility index (Phi) is 5.83. The quantitative estimate of drug-likeness (QED) is 0.700. The molecular formula is C25H25NO2. The van der Waals surface area contributed by atoms with Crippen LogP contribution in [0.4, 0.5) is 0 Å². The molecule has 1 N–H and O–H groups in total. The van der Waals surface area contributed by atoms with E-state index in [1.807, 2.05) is 42.5 Å². The Morgan fingerprint density at radius 1 is 0.821 bits per heavy atom. The second-order valence-corrected chi connectivity index (χ2v) is 7.27. The van der Waals surface area contributed by atoms with Crippen molar-refractivity contribution >= 4 is 5.91 Å². The molecule has 1 aliphatic rings. The van der Waals surface area contributed by atoms with Gasteiger partial charge in [-0.3, -0.25) is 4.79 Å². The van der Waals surface area contributed by atoms with Crippen LogP contribution in [0.2, 0.25) is 0 Å². The Morgan fingerprint density at radius 3 is 1.93 bits per heavy atom. The normalized spacial score (nSPS) is 19.3. The summed E-state index contributed by atoms with van der Waals surface area (Å²) in [4.78, 5) is 12.6. The molecule has 1 amide bonds. The molecule has 28 heavy (non-hydrogen) atoms. The van der Waals surface area contributed by atoms with Crippen LogP contribution in [0.1, 0.15) is 40.2 Å². The molecule has 0 spiro atoms. The number of rotatable bonds is 5. The van der Waals surface area contributed by atoms with E-state index in [2.05, 4.69) is 53.8 Å². The van der Waals surface area contributed by atoms with Crippen LogP contribution < -0.4 is 5.32 Å². The third-order valence-corrected chi connectivity index (χ3v) is 5.38. The van der Waals surface area contributed by atoms with Gasteiger partial charge in [-0.05, 0) is 36.1 Å². The molecule has 0 saturated carbocycles. The minimum Gasteiger partial charge on any atom is -0.377 e. The molecule has 0 aromatic heterocycles. The minimum absolute atomic E-state index is 0.0118. The lowest BCUT2D eigenvalue weighted by Crippen LogP contribution is -2.43. The summed E-state index contributed by atoms with van der Waals surface area (Å²) in [6, 6.07) is 30.5. The van der Waals surface area contributed by atoms with E-state index >= 15 is 0 Å². The summed E-state index contributed by atoms with van der Waals surface area (Å²) in [7, 11) is 0. The molecule has 0 bridgehead atoms. The lowest BCUT2D eigenvalue weighted by atomic mass is 9.82. The van der Waals surface area contributed by atoms with Crippen molar-refractivity contribution < 1.29 is 9.53 Å². The van der Waals surface area contributed by atoms with Gasteiger partial charge in [-0.2, -0.15) is 0 Å². The summed E-state index contributed by atoms with van der Waals surface area (Å²) in [5.74, 6) is 0.140. The summed E-state index contributed by atoms with van der Waals surface area (Å²) >= 11 is 0. The molecule has 3 heteroatoms. The minimum atomic E-state index is -0.0118. The highest BCUT2D eigenvalue weighted by Crippen LogP contribution is 2.34. The molecule has 3 nitrogen and oxygen atoms in total. The van der Waals surface area contributed by atoms with Crippen LogP contribution in [-0.2, 0) is 4.74 Å². The van der Waals surface area contributed by atoms with Crippen molar-refractivity contribution in [1.29, 1.82) is 0 Å². The van der Waals surface area contributed by atoms with E-state index in [9.17, 15) is 4.79 Å². The van der Waals surface area contributed by atoms with Gasteiger partial charge in [-0.1, -0.05) is 78.9 Å². The monoisotopic (exact) mass is 371 g/mol. The summed E-state index contributed by atoms with van der Waals surface area (Å²) < 4.78 is 6.22. The van der Waals surface area contributed by atoms with Gasteiger partial charge in [0.1, 0.15) is 0 Å². The Morgan fingerprint density at radius 2 is 1.36 bits per heavy atom. The van der Waals surface area contributed by atoms with Crippen LogP contribution in [0.5, 0.6) is 0 Å². The van der Waals surface area contributed by atoms with Gasteiger partial charge in [0.25, 0.3) is 5.91 Å². The van der Waals surface area contributed by atoms with E-state index in [0.29, 0.717) is 12.2 Å². The largest absolute Gasteiger partial charge is 0.377 e. The number of amides is 1. The van der Waals surface area contributed by atoms with Crippen LogP contribution in [0.15, 0.2) is 91.0 Å². The van der Waals surface area contributed by atoms with E-state index < -0.39 is 0 Å². The summed E-state index contributed by atoms with van der Waals surface area (Å²) in [5, 5.41) is 3.20. The first-order chi connectivity index (χ1) is 13.8. The molecule has 142 valence electrons. The first-order valence-corrected chi connectivity index (χ1v) is 9.88. The van der Waals surface area contributed by atoms with Crippen molar-refractivity contribution in [3.05, 3.63) is 108 Å². The van der Waals surface area contributed by atoms with Gasteiger partial charge < -0.3 is 10.1 Å². The zero-order chi connectivity index (χ0) is 19.2. The van der Waals surface area contributed by atoms with Gasteiger partial charge in [0, 0.05) is 24.1 Å². The topological polar surface area (TPSA) is 38.3 Å². The van der Waals surface area contributed by atoms with Crippen molar-refractivity contribution in [1.82, 2.24) is 5.32 Å². The standard InChI is InChI=1S/C25H25NO2/c27-25(21-14-8-3-9-15-21)26-22-16-17-28-23(18-22)24(19-10-4-1-5-11-19)20-12-6-2-7-13-20/h1-15,22-24H,16-18H2,(H,26,27). The SMILES string of the molecule is O=C(NC1CCOC(C(c2ccccc2)c2ccccc2)C1)c1ccccc1. The third-order valence-electron chi connectivity index (χ3n) is 5.38. The molecule has 3 aromatic rings. The summed E-state index contributed by atoms with van der Waals surface area (Å²) in [5.41, 5.74) is 3.19. The highest BCUT2D eigenvalue weighted by atomic mass is 16.5. The molecule has 0 aliphatic carbocycles. The fraction of sp³-hybridized carbons (Fsp3) is 0.240. The lowest BCUT2D eigenvalue weighted by Gasteiger charge is -2.35. The molecule has 1 saturated heterocycles. The second kappa shape index (κ2) is 8.85.